The van der Waals surface area contributed by atoms with Gasteiger partial charge in [0.25, 0.3) is 10.0 Å². The van der Waals surface area contributed by atoms with Crippen LogP contribution in [0.3, 0.4) is 0 Å². The smallest absolute Gasteiger partial charge is 0.264 e. The lowest BCUT2D eigenvalue weighted by atomic mass is 9.94. The lowest BCUT2D eigenvalue weighted by Crippen LogP contribution is -2.55. The lowest BCUT2D eigenvalue weighted by molar-refractivity contribution is -0.140. The largest absolute Gasteiger partial charge is 0.495 e. The van der Waals surface area contributed by atoms with E-state index in [4.69, 9.17) is 16.3 Å². The molecule has 5 rings (SSSR count). The van der Waals surface area contributed by atoms with Crippen molar-refractivity contribution in [3.05, 3.63) is 125 Å². The Balaban J connectivity index is 1.57. The number of amides is 2. The molecule has 1 unspecified atom stereocenters. The van der Waals surface area contributed by atoms with E-state index < -0.39 is 28.5 Å². The molecule has 0 radical (unpaired) electrons. The maximum atomic E-state index is 14.7. The van der Waals surface area contributed by atoms with Crippen molar-refractivity contribution in [3.8, 4) is 5.75 Å². The van der Waals surface area contributed by atoms with E-state index in [0.29, 0.717) is 5.75 Å². The molecule has 1 atom stereocenters. The number of halogens is 1. The molecule has 0 spiro atoms. The van der Waals surface area contributed by atoms with Crippen LogP contribution < -0.4 is 14.4 Å². The summed E-state index contributed by atoms with van der Waals surface area (Å²) in [4.78, 5) is 30.5. The number of anilines is 1. The van der Waals surface area contributed by atoms with Gasteiger partial charge in [-0.25, -0.2) is 8.42 Å². The Kier molecular flexibility index (Phi) is 11.8. The minimum Gasteiger partial charge on any atom is -0.495 e. The maximum Gasteiger partial charge on any atom is 0.264 e. The predicted octanol–water partition coefficient (Wildman–Crippen LogP) is 6.94. The van der Waals surface area contributed by atoms with Crippen LogP contribution in [0.15, 0.2) is 108 Å². The summed E-state index contributed by atoms with van der Waals surface area (Å²) in [6.45, 7) is 1.53. The van der Waals surface area contributed by atoms with E-state index >= 15 is 0 Å². The number of aryl methyl sites for hydroxylation is 1. The van der Waals surface area contributed by atoms with Gasteiger partial charge in [0.1, 0.15) is 18.3 Å². The highest BCUT2D eigenvalue weighted by Gasteiger charge is 2.35. The Bertz CT molecular complexity index is 1780. The molecule has 252 valence electrons. The van der Waals surface area contributed by atoms with Gasteiger partial charge in [-0.2, -0.15) is 0 Å². The van der Waals surface area contributed by atoms with Crippen LogP contribution in [0.25, 0.3) is 0 Å². The highest BCUT2D eigenvalue weighted by molar-refractivity contribution is 7.92. The molecule has 8 nitrogen and oxygen atoms in total. The molecule has 0 saturated heterocycles. The SMILES string of the molecule is COc1ccc(N(CC(=O)N(Cc2ccc(C)cc2)C(Cc2ccccc2)C(=O)NC2CCCCC2)S(=O)(=O)c2ccccc2)cc1Cl. The first-order valence-corrected chi connectivity index (χ1v) is 18.1. The number of carbonyl (C=O) groups is 2. The van der Waals surface area contributed by atoms with E-state index in [-0.39, 0.29) is 40.5 Å². The number of nitrogens with one attached hydrogen (secondary N) is 1. The minimum atomic E-state index is -4.24. The lowest BCUT2D eigenvalue weighted by Gasteiger charge is -2.35. The van der Waals surface area contributed by atoms with E-state index in [1.165, 1.54) is 30.2 Å². The molecule has 0 bridgehead atoms. The summed E-state index contributed by atoms with van der Waals surface area (Å²) in [5.74, 6) is -0.412. The molecule has 0 heterocycles. The van der Waals surface area contributed by atoms with Crippen LogP contribution >= 0.6 is 11.6 Å². The molecular formula is C38H42ClN3O5S. The maximum absolute atomic E-state index is 14.7. The van der Waals surface area contributed by atoms with E-state index in [1.807, 2.05) is 61.5 Å². The Labute approximate surface area is 288 Å². The Morgan fingerprint density at radius 1 is 0.875 bits per heavy atom. The number of benzene rings is 4. The molecule has 10 heteroatoms. The van der Waals surface area contributed by atoms with Gasteiger partial charge in [0, 0.05) is 19.0 Å². The Morgan fingerprint density at radius 3 is 2.15 bits per heavy atom. The molecule has 1 aliphatic rings. The van der Waals surface area contributed by atoms with Crippen molar-refractivity contribution in [1.29, 1.82) is 0 Å². The van der Waals surface area contributed by atoms with Gasteiger partial charge in [0.2, 0.25) is 11.8 Å². The van der Waals surface area contributed by atoms with Crippen molar-refractivity contribution < 1.29 is 22.7 Å². The summed E-state index contributed by atoms with van der Waals surface area (Å²) < 4.78 is 34.8. The van der Waals surface area contributed by atoms with Crippen molar-refractivity contribution in [1.82, 2.24) is 10.2 Å². The van der Waals surface area contributed by atoms with Crippen molar-refractivity contribution in [2.24, 2.45) is 0 Å². The monoisotopic (exact) mass is 687 g/mol. The van der Waals surface area contributed by atoms with Crippen LogP contribution in [0.2, 0.25) is 5.02 Å². The number of hydrogen-bond acceptors (Lipinski definition) is 5. The number of carbonyl (C=O) groups excluding carboxylic acids is 2. The molecule has 4 aromatic carbocycles. The van der Waals surface area contributed by atoms with Crippen LogP contribution in [0, 0.1) is 6.92 Å². The fourth-order valence-corrected chi connectivity index (χ4v) is 7.73. The number of hydrogen-bond donors (Lipinski definition) is 1. The zero-order valence-corrected chi connectivity index (χ0v) is 28.9. The van der Waals surface area contributed by atoms with Crippen LogP contribution in [0.4, 0.5) is 5.69 Å². The van der Waals surface area contributed by atoms with Gasteiger partial charge in [0.05, 0.1) is 22.7 Å². The third-order valence-electron chi connectivity index (χ3n) is 8.73. The zero-order valence-electron chi connectivity index (χ0n) is 27.3. The minimum absolute atomic E-state index is 0.0192. The number of rotatable bonds is 13. The second-order valence-electron chi connectivity index (χ2n) is 12.2. The van der Waals surface area contributed by atoms with E-state index in [1.54, 1.807) is 30.3 Å². The quantitative estimate of drug-likeness (QED) is 0.164. The average molecular weight is 688 g/mol. The van der Waals surface area contributed by atoms with E-state index in [0.717, 1.165) is 53.1 Å². The van der Waals surface area contributed by atoms with Crippen molar-refractivity contribution >= 4 is 39.1 Å². The Morgan fingerprint density at radius 2 is 1.52 bits per heavy atom. The fraction of sp³-hybridized carbons (Fsp3) is 0.316. The van der Waals surface area contributed by atoms with Gasteiger partial charge < -0.3 is 15.0 Å². The second-order valence-corrected chi connectivity index (χ2v) is 14.5. The van der Waals surface area contributed by atoms with Crippen molar-refractivity contribution in [3.63, 3.8) is 0 Å². The van der Waals surface area contributed by atoms with Gasteiger partial charge >= 0.3 is 0 Å². The highest BCUT2D eigenvalue weighted by atomic mass is 35.5. The van der Waals surface area contributed by atoms with Gasteiger partial charge in [-0.3, -0.25) is 13.9 Å². The third kappa shape index (κ3) is 8.76. The topological polar surface area (TPSA) is 96.0 Å². The first-order valence-electron chi connectivity index (χ1n) is 16.3. The molecule has 1 N–H and O–H groups in total. The Hall–Kier alpha value is -4.34. The summed E-state index contributed by atoms with van der Waals surface area (Å²) in [7, 11) is -2.77. The summed E-state index contributed by atoms with van der Waals surface area (Å²) >= 11 is 6.47. The van der Waals surface area contributed by atoms with Crippen LogP contribution in [0.5, 0.6) is 5.75 Å². The second kappa shape index (κ2) is 16.2. The molecule has 2 amide bonds. The number of ether oxygens (including phenoxy) is 1. The molecule has 1 saturated carbocycles. The third-order valence-corrected chi connectivity index (χ3v) is 10.8. The number of sulfonamides is 1. The summed E-state index contributed by atoms with van der Waals surface area (Å²) in [6, 6.07) is 29.0. The molecule has 0 aliphatic heterocycles. The molecule has 0 aromatic heterocycles. The van der Waals surface area contributed by atoms with Crippen LogP contribution in [-0.4, -0.2) is 50.9 Å². The van der Waals surface area contributed by atoms with Crippen LogP contribution in [-0.2, 0) is 32.6 Å². The molecule has 1 fully saturated rings. The normalized spacial score (nSPS) is 14.1. The highest BCUT2D eigenvalue weighted by Crippen LogP contribution is 2.32. The zero-order chi connectivity index (χ0) is 34.1. The van der Waals surface area contributed by atoms with Crippen molar-refractivity contribution in [2.75, 3.05) is 18.0 Å². The number of methoxy groups -OCH3 is 1. The molecule has 1 aliphatic carbocycles. The standard InChI is InChI=1S/C38H42ClN3O5S/c1-28-18-20-30(21-19-28)26-41(35(24-29-12-6-3-7-13-29)38(44)40-31-14-8-4-9-15-31)37(43)27-42(32-22-23-36(47-2)34(39)25-32)48(45,46)33-16-10-5-11-17-33/h3,5-7,10-13,16-23,25,31,35H,4,8-9,14-15,24,26-27H2,1-2H3,(H,40,44). The van der Waals surface area contributed by atoms with E-state index in [9.17, 15) is 18.0 Å². The fourth-order valence-electron chi connectivity index (χ4n) is 6.05. The first kappa shape index (κ1) is 35.0. The number of nitrogens with zero attached hydrogens (tertiary/aromatic N) is 2. The molecule has 48 heavy (non-hydrogen) atoms. The van der Waals surface area contributed by atoms with Gasteiger partial charge in [0.15, 0.2) is 0 Å². The van der Waals surface area contributed by atoms with Crippen molar-refractivity contribution in [2.45, 2.75) is 69.0 Å². The van der Waals surface area contributed by atoms with E-state index in [2.05, 4.69) is 5.32 Å². The first-order chi connectivity index (χ1) is 23.2. The van der Waals surface area contributed by atoms with Gasteiger partial charge in [-0.15, -0.1) is 0 Å². The van der Waals surface area contributed by atoms with Gasteiger partial charge in [-0.05, 0) is 61.2 Å². The molecule has 4 aromatic rings. The van der Waals surface area contributed by atoms with Crippen LogP contribution in [0.1, 0.15) is 48.8 Å². The molecular weight excluding hydrogens is 646 g/mol. The summed E-state index contributed by atoms with van der Waals surface area (Å²) in [5, 5.41) is 3.43. The predicted molar refractivity (Wildman–Crippen MR) is 190 cm³/mol. The summed E-state index contributed by atoms with van der Waals surface area (Å²) in [6.07, 6.45) is 5.25. The summed E-state index contributed by atoms with van der Waals surface area (Å²) in [5.41, 5.74) is 2.96. The average Bonchev–Trinajstić information content (AvgIpc) is 3.10. The van der Waals surface area contributed by atoms with Gasteiger partial charge in [-0.1, -0.05) is 109 Å².